The van der Waals surface area contributed by atoms with Crippen LogP contribution in [0.5, 0.6) is 5.75 Å². The Morgan fingerprint density at radius 1 is 0.964 bits per heavy atom. The molecular formula is C21H23ClN4OS. The molecule has 0 unspecified atom stereocenters. The van der Waals surface area contributed by atoms with Crippen LogP contribution in [0.2, 0.25) is 4.47 Å². The summed E-state index contributed by atoms with van der Waals surface area (Å²) in [6.45, 7) is 4.79. The van der Waals surface area contributed by atoms with E-state index in [1.165, 1.54) is 22.7 Å². The van der Waals surface area contributed by atoms with Crippen LogP contribution in [0.4, 0.5) is 17.1 Å². The Balaban J connectivity index is 1.30. The Morgan fingerprint density at radius 3 is 2.04 bits per heavy atom. The summed E-state index contributed by atoms with van der Waals surface area (Å²) in [5, 5.41) is 3.42. The van der Waals surface area contributed by atoms with Gasteiger partial charge in [-0.25, -0.2) is 4.98 Å². The molecule has 0 spiro atoms. The van der Waals surface area contributed by atoms with Gasteiger partial charge in [-0.1, -0.05) is 11.6 Å². The van der Waals surface area contributed by atoms with Crippen molar-refractivity contribution in [3.63, 3.8) is 0 Å². The average molecular weight is 415 g/mol. The van der Waals surface area contributed by atoms with E-state index in [2.05, 4.69) is 56.5 Å². The molecule has 2 aromatic carbocycles. The first-order chi connectivity index (χ1) is 13.7. The van der Waals surface area contributed by atoms with E-state index in [0.29, 0.717) is 4.47 Å². The van der Waals surface area contributed by atoms with Crippen molar-refractivity contribution in [1.82, 2.24) is 4.98 Å². The first kappa shape index (κ1) is 18.9. The maximum absolute atomic E-state index is 5.88. The number of hydrogen-bond donors (Lipinski definition) is 1. The van der Waals surface area contributed by atoms with E-state index in [4.69, 9.17) is 16.3 Å². The fraction of sp³-hybridized carbons (Fsp3) is 0.286. The van der Waals surface area contributed by atoms with E-state index in [1.807, 2.05) is 18.3 Å². The predicted octanol–water partition coefficient (Wildman–Crippen LogP) is 4.74. The minimum absolute atomic E-state index is 0.584. The zero-order valence-electron chi connectivity index (χ0n) is 15.8. The Hall–Kier alpha value is -2.44. The number of nitrogens with one attached hydrogen (secondary N) is 1. The second-order valence-electron chi connectivity index (χ2n) is 6.65. The lowest BCUT2D eigenvalue weighted by Gasteiger charge is -2.37. The van der Waals surface area contributed by atoms with Crippen molar-refractivity contribution in [3.05, 3.63) is 64.1 Å². The van der Waals surface area contributed by atoms with E-state index < -0.39 is 0 Å². The number of aromatic nitrogens is 1. The molecule has 28 heavy (non-hydrogen) atoms. The highest BCUT2D eigenvalue weighted by Crippen LogP contribution is 2.24. The molecule has 1 aliphatic rings. The molecule has 1 fully saturated rings. The number of ether oxygens (including phenoxy) is 1. The van der Waals surface area contributed by atoms with Crippen molar-refractivity contribution in [2.24, 2.45) is 0 Å². The summed E-state index contributed by atoms with van der Waals surface area (Å²) < 4.78 is 5.83. The number of thiazole rings is 1. The van der Waals surface area contributed by atoms with Crippen LogP contribution in [-0.4, -0.2) is 38.3 Å². The van der Waals surface area contributed by atoms with Crippen LogP contribution in [-0.2, 0) is 6.54 Å². The van der Waals surface area contributed by atoms with Crippen LogP contribution in [0.15, 0.2) is 54.7 Å². The summed E-state index contributed by atoms with van der Waals surface area (Å²) >= 11 is 7.38. The zero-order chi connectivity index (χ0) is 19.3. The van der Waals surface area contributed by atoms with E-state index in [9.17, 15) is 0 Å². The van der Waals surface area contributed by atoms with Gasteiger partial charge in [-0.15, -0.1) is 11.3 Å². The quantitative estimate of drug-likeness (QED) is 0.630. The summed E-state index contributed by atoms with van der Waals surface area (Å²) in [6.07, 6.45) is 1.82. The molecule has 7 heteroatoms. The largest absolute Gasteiger partial charge is 0.497 e. The lowest BCUT2D eigenvalue weighted by Crippen LogP contribution is -2.46. The molecule has 0 atom stereocenters. The fourth-order valence-corrected chi connectivity index (χ4v) is 4.28. The fourth-order valence-electron chi connectivity index (χ4n) is 3.36. The van der Waals surface area contributed by atoms with E-state index in [1.54, 1.807) is 7.11 Å². The maximum Gasteiger partial charge on any atom is 0.183 e. The zero-order valence-corrected chi connectivity index (χ0v) is 17.3. The van der Waals surface area contributed by atoms with Gasteiger partial charge in [0.1, 0.15) is 5.75 Å². The molecule has 146 valence electrons. The number of benzene rings is 2. The van der Waals surface area contributed by atoms with Gasteiger partial charge < -0.3 is 19.9 Å². The van der Waals surface area contributed by atoms with Crippen molar-refractivity contribution in [1.29, 1.82) is 0 Å². The molecule has 1 aromatic heterocycles. The average Bonchev–Trinajstić information content (AvgIpc) is 3.18. The summed E-state index contributed by atoms with van der Waals surface area (Å²) in [5.41, 5.74) is 3.62. The number of anilines is 3. The SMILES string of the molecule is COc1ccc(N2CCN(c3ccc(NCc4cnc(Cl)s4)cc3)CC2)cc1. The molecule has 4 rings (SSSR count). The van der Waals surface area contributed by atoms with Crippen LogP contribution < -0.4 is 19.9 Å². The Labute approximate surface area is 174 Å². The standard InChI is InChI=1S/C21H23ClN4OS/c1-27-19-8-6-18(7-9-19)26-12-10-25(11-13-26)17-4-2-16(3-5-17)23-14-20-15-24-21(22)28-20/h2-9,15,23H,10-14H2,1H3. The number of rotatable bonds is 6. The van der Waals surface area contributed by atoms with Gasteiger partial charge in [0.2, 0.25) is 0 Å². The minimum atomic E-state index is 0.584. The molecule has 0 bridgehead atoms. The number of nitrogens with zero attached hydrogens (tertiary/aromatic N) is 3. The van der Waals surface area contributed by atoms with Crippen LogP contribution >= 0.6 is 22.9 Å². The summed E-state index contributed by atoms with van der Waals surface area (Å²) in [6, 6.07) is 16.9. The Morgan fingerprint density at radius 2 is 1.54 bits per heavy atom. The topological polar surface area (TPSA) is 40.6 Å². The van der Waals surface area contributed by atoms with E-state index in [0.717, 1.165) is 49.0 Å². The molecule has 2 heterocycles. The molecule has 3 aromatic rings. The van der Waals surface area contributed by atoms with Crippen LogP contribution in [0.3, 0.4) is 0 Å². The van der Waals surface area contributed by atoms with Crippen LogP contribution in [0.1, 0.15) is 4.88 Å². The van der Waals surface area contributed by atoms with Crippen LogP contribution in [0.25, 0.3) is 0 Å². The first-order valence-corrected chi connectivity index (χ1v) is 10.5. The van der Waals surface area contributed by atoms with Crippen molar-refractivity contribution < 1.29 is 4.74 Å². The van der Waals surface area contributed by atoms with Gasteiger partial charge in [-0.05, 0) is 48.5 Å². The molecule has 1 saturated heterocycles. The van der Waals surface area contributed by atoms with Crippen molar-refractivity contribution in [3.8, 4) is 5.75 Å². The number of hydrogen-bond acceptors (Lipinski definition) is 6. The molecule has 0 radical (unpaired) electrons. The highest BCUT2D eigenvalue weighted by Gasteiger charge is 2.17. The van der Waals surface area contributed by atoms with Gasteiger partial charge in [0.15, 0.2) is 4.47 Å². The number of piperazine rings is 1. The van der Waals surface area contributed by atoms with Crippen LogP contribution in [0, 0.1) is 0 Å². The van der Waals surface area contributed by atoms with Gasteiger partial charge in [0.25, 0.3) is 0 Å². The van der Waals surface area contributed by atoms with Gasteiger partial charge in [-0.2, -0.15) is 0 Å². The van der Waals surface area contributed by atoms with Crippen molar-refractivity contribution in [2.75, 3.05) is 48.4 Å². The monoisotopic (exact) mass is 414 g/mol. The summed E-state index contributed by atoms with van der Waals surface area (Å²) in [7, 11) is 1.70. The highest BCUT2D eigenvalue weighted by atomic mass is 35.5. The first-order valence-electron chi connectivity index (χ1n) is 9.29. The smallest absolute Gasteiger partial charge is 0.183 e. The third-order valence-corrected chi connectivity index (χ3v) is 6.06. The third kappa shape index (κ3) is 4.51. The normalized spacial score (nSPS) is 14.2. The Kier molecular flexibility index (Phi) is 5.88. The van der Waals surface area contributed by atoms with E-state index in [-0.39, 0.29) is 0 Å². The number of methoxy groups -OCH3 is 1. The van der Waals surface area contributed by atoms with Gasteiger partial charge in [0, 0.05) is 54.3 Å². The van der Waals surface area contributed by atoms with Crippen molar-refractivity contribution >= 4 is 40.0 Å². The molecular weight excluding hydrogens is 392 g/mol. The lowest BCUT2D eigenvalue weighted by molar-refractivity contribution is 0.415. The van der Waals surface area contributed by atoms with E-state index >= 15 is 0 Å². The second kappa shape index (κ2) is 8.71. The molecule has 0 aliphatic carbocycles. The maximum atomic E-state index is 5.88. The molecule has 0 saturated carbocycles. The lowest BCUT2D eigenvalue weighted by atomic mass is 10.2. The highest BCUT2D eigenvalue weighted by molar-refractivity contribution is 7.15. The minimum Gasteiger partial charge on any atom is -0.497 e. The summed E-state index contributed by atoms with van der Waals surface area (Å²) in [5.74, 6) is 0.898. The summed E-state index contributed by atoms with van der Waals surface area (Å²) in [4.78, 5) is 10.1. The molecule has 5 nitrogen and oxygen atoms in total. The third-order valence-electron chi connectivity index (χ3n) is 4.94. The van der Waals surface area contributed by atoms with Gasteiger partial charge >= 0.3 is 0 Å². The van der Waals surface area contributed by atoms with Gasteiger partial charge in [-0.3, -0.25) is 0 Å². The van der Waals surface area contributed by atoms with Gasteiger partial charge in [0.05, 0.1) is 13.7 Å². The molecule has 1 N–H and O–H groups in total. The number of halogens is 1. The second-order valence-corrected chi connectivity index (χ2v) is 8.35. The Bertz CT molecular complexity index is 890. The molecule has 1 aliphatic heterocycles. The molecule has 0 amide bonds. The predicted molar refractivity (Wildman–Crippen MR) is 118 cm³/mol. The van der Waals surface area contributed by atoms with Crippen molar-refractivity contribution in [2.45, 2.75) is 6.54 Å².